The van der Waals surface area contributed by atoms with Crippen molar-refractivity contribution in [3.8, 4) is 0 Å². The molecule has 5 nitrogen and oxygen atoms in total. The van der Waals surface area contributed by atoms with Gasteiger partial charge in [-0.05, 0) is 25.1 Å². The minimum atomic E-state index is 0.668. The molecule has 5 heteroatoms. The lowest BCUT2D eigenvalue weighted by Crippen LogP contribution is -2.38. The number of aryl methyl sites for hydroxylation is 1. The lowest BCUT2D eigenvalue weighted by molar-refractivity contribution is 0.463. The Labute approximate surface area is 131 Å². The molecule has 118 valence electrons. The summed E-state index contributed by atoms with van der Waals surface area (Å²) in [7, 11) is 2.01. The van der Waals surface area contributed by atoms with Crippen molar-refractivity contribution in [2.45, 2.75) is 19.9 Å². The standard InChI is InChI=1S/C17H23N3O2/c1-4-9-18-17(19-10-7-16-6-5-11-22-16)20(3)13-15-8-12-21-14(15)2/h4-6,8,11-12H,1,7,9-10,13H2,2-3H3,(H,18,19). The van der Waals surface area contributed by atoms with Gasteiger partial charge in [0.15, 0.2) is 5.96 Å². The monoisotopic (exact) mass is 301 g/mol. The summed E-state index contributed by atoms with van der Waals surface area (Å²) in [5, 5.41) is 3.28. The summed E-state index contributed by atoms with van der Waals surface area (Å²) in [6, 6.07) is 5.84. The van der Waals surface area contributed by atoms with Crippen LogP contribution >= 0.6 is 0 Å². The second-order valence-electron chi connectivity index (χ2n) is 5.06. The summed E-state index contributed by atoms with van der Waals surface area (Å²) in [5.74, 6) is 2.72. The summed E-state index contributed by atoms with van der Waals surface area (Å²) in [6.45, 7) is 7.79. The van der Waals surface area contributed by atoms with Crippen LogP contribution in [0.15, 0.2) is 57.2 Å². The first kappa shape index (κ1) is 15.9. The Morgan fingerprint density at radius 2 is 2.23 bits per heavy atom. The number of furan rings is 2. The molecule has 2 rings (SSSR count). The molecule has 0 aliphatic rings. The fraction of sp³-hybridized carbons (Fsp3) is 0.353. The summed E-state index contributed by atoms with van der Waals surface area (Å²) in [5.41, 5.74) is 1.15. The molecule has 0 aromatic carbocycles. The predicted molar refractivity (Wildman–Crippen MR) is 87.8 cm³/mol. The van der Waals surface area contributed by atoms with E-state index in [2.05, 4.69) is 21.8 Å². The molecule has 0 aliphatic carbocycles. The average Bonchev–Trinajstić information content (AvgIpc) is 3.15. The van der Waals surface area contributed by atoms with Crippen LogP contribution in [0, 0.1) is 6.92 Å². The molecule has 0 saturated heterocycles. The van der Waals surface area contributed by atoms with Crippen LogP contribution in [-0.2, 0) is 13.0 Å². The highest BCUT2D eigenvalue weighted by molar-refractivity contribution is 5.79. The van der Waals surface area contributed by atoms with Gasteiger partial charge in [0.05, 0.1) is 12.5 Å². The molecule has 0 atom stereocenters. The van der Waals surface area contributed by atoms with Crippen LogP contribution in [-0.4, -0.2) is 31.0 Å². The van der Waals surface area contributed by atoms with Crippen LogP contribution in [0.4, 0.5) is 0 Å². The van der Waals surface area contributed by atoms with Gasteiger partial charge in [0.25, 0.3) is 0 Å². The fourth-order valence-corrected chi connectivity index (χ4v) is 2.11. The molecule has 2 aromatic heterocycles. The van der Waals surface area contributed by atoms with Crippen molar-refractivity contribution in [1.82, 2.24) is 10.2 Å². The average molecular weight is 301 g/mol. The van der Waals surface area contributed by atoms with Crippen LogP contribution in [0.25, 0.3) is 0 Å². The van der Waals surface area contributed by atoms with Crippen LogP contribution in [0.3, 0.4) is 0 Å². The predicted octanol–water partition coefficient (Wildman–Crippen LogP) is 2.99. The molecular formula is C17H23N3O2. The number of nitrogens with one attached hydrogen (secondary N) is 1. The van der Waals surface area contributed by atoms with Crippen molar-refractivity contribution in [1.29, 1.82) is 0 Å². The third-order valence-electron chi connectivity index (χ3n) is 3.34. The molecule has 0 saturated carbocycles. The number of rotatable bonds is 7. The van der Waals surface area contributed by atoms with E-state index in [1.165, 1.54) is 0 Å². The molecule has 1 N–H and O–H groups in total. The minimum absolute atomic E-state index is 0.668. The Morgan fingerprint density at radius 3 is 2.86 bits per heavy atom. The van der Waals surface area contributed by atoms with Gasteiger partial charge in [-0.15, -0.1) is 6.58 Å². The highest BCUT2D eigenvalue weighted by atomic mass is 16.3. The SMILES string of the molecule is C=CCNC(=NCCc1ccco1)N(C)Cc1ccoc1C. The van der Waals surface area contributed by atoms with Crippen LogP contribution < -0.4 is 5.32 Å². The summed E-state index contributed by atoms with van der Waals surface area (Å²) >= 11 is 0. The van der Waals surface area contributed by atoms with Crippen molar-refractivity contribution < 1.29 is 8.83 Å². The molecule has 0 bridgehead atoms. The normalized spacial score (nSPS) is 11.5. The van der Waals surface area contributed by atoms with E-state index in [0.29, 0.717) is 13.1 Å². The van der Waals surface area contributed by atoms with E-state index in [-0.39, 0.29) is 0 Å². The van der Waals surface area contributed by atoms with E-state index < -0.39 is 0 Å². The molecule has 0 unspecified atom stereocenters. The Hall–Kier alpha value is -2.43. The Balaban J connectivity index is 1.97. The third-order valence-corrected chi connectivity index (χ3v) is 3.34. The van der Waals surface area contributed by atoms with Gasteiger partial charge in [-0.25, -0.2) is 0 Å². The Bertz CT molecular complexity index is 599. The van der Waals surface area contributed by atoms with Gasteiger partial charge < -0.3 is 19.1 Å². The zero-order valence-corrected chi connectivity index (χ0v) is 13.2. The van der Waals surface area contributed by atoms with E-state index in [9.17, 15) is 0 Å². The van der Waals surface area contributed by atoms with E-state index in [0.717, 1.165) is 36.0 Å². The first-order chi connectivity index (χ1) is 10.7. The van der Waals surface area contributed by atoms with Crippen LogP contribution in [0.1, 0.15) is 17.1 Å². The van der Waals surface area contributed by atoms with Gasteiger partial charge >= 0.3 is 0 Å². The first-order valence-electron chi connectivity index (χ1n) is 7.36. The molecule has 2 aromatic rings. The first-order valence-corrected chi connectivity index (χ1v) is 7.36. The summed E-state index contributed by atoms with van der Waals surface area (Å²) in [6.07, 6.45) is 6.00. The van der Waals surface area contributed by atoms with Gasteiger partial charge in [0.1, 0.15) is 11.5 Å². The third kappa shape index (κ3) is 4.55. The summed E-state index contributed by atoms with van der Waals surface area (Å²) < 4.78 is 10.7. The van der Waals surface area contributed by atoms with E-state index in [1.807, 2.05) is 38.2 Å². The number of nitrogens with zero attached hydrogens (tertiary/aromatic N) is 2. The van der Waals surface area contributed by atoms with E-state index in [4.69, 9.17) is 8.83 Å². The Morgan fingerprint density at radius 1 is 1.36 bits per heavy atom. The van der Waals surface area contributed by atoms with Crippen molar-refractivity contribution in [3.63, 3.8) is 0 Å². The quantitative estimate of drug-likeness (QED) is 0.485. The maximum atomic E-state index is 5.34. The van der Waals surface area contributed by atoms with Crippen LogP contribution in [0.2, 0.25) is 0 Å². The molecule has 0 fully saturated rings. The van der Waals surface area contributed by atoms with Gasteiger partial charge in [-0.2, -0.15) is 0 Å². The molecular weight excluding hydrogens is 278 g/mol. The maximum Gasteiger partial charge on any atom is 0.194 e. The molecule has 22 heavy (non-hydrogen) atoms. The highest BCUT2D eigenvalue weighted by Gasteiger charge is 2.09. The lowest BCUT2D eigenvalue weighted by atomic mass is 10.2. The molecule has 0 radical (unpaired) electrons. The lowest BCUT2D eigenvalue weighted by Gasteiger charge is -2.21. The maximum absolute atomic E-state index is 5.34. The number of aliphatic imine (C=N–C) groups is 1. The topological polar surface area (TPSA) is 53.9 Å². The number of guanidine groups is 1. The van der Waals surface area contributed by atoms with E-state index >= 15 is 0 Å². The zero-order valence-electron chi connectivity index (χ0n) is 13.2. The Kier molecular flexibility index (Phi) is 5.89. The largest absolute Gasteiger partial charge is 0.469 e. The highest BCUT2D eigenvalue weighted by Crippen LogP contribution is 2.11. The molecule has 0 aliphatic heterocycles. The second-order valence-corrected chi connectivity index (χ2v) is 5.06. The van der Waals surface area contributed by atoms with Crippen molar-refractivity contribution >= 4 is 5.96 Å². The van der Waals surface area contributed by atoms with Gasteiger partial charge in [-0.1, -0.05) is 6.08 Å². The summed E-state index contributed by atoms with van der Waals surface area (Å²) in [4.78, 5) is 6.71. The van der Waals surface area contributed by atoms with Crippen LogP contribution in [0.5, 0.6) is 0 Å². The fourth-order valence-electron chi connectivity index (χ4n) is 2.11. The number of hydrogen-bond donors (Lipinski definition) is 1. The molecule has 2 heterocycles. The van der Waals surface area contributed by atoms with Gasteiger partial charge in [0.2, 0.25) is 0 Å². The zero-order chi connectivity index (χ0) is 15.8. The molecule has 0 amide bonds. The van der Waals surface area contributed by atoms with E-state index in [1.54, 1.807) is 12.5 Å². The number of hydrogen-bond acceptors (Lipinski definition) is 3. The van der Waals surface area contributed by atoms with Crippen molar-refractivity contribution in [2.24, 2.45) is 4.99 Å². The smallest absolute Gasteiger partial charge is 0.194 e. The van der Waals surface area contributed by atoms with Gasteiger partial charge in [-0.3, -0.25) is 4.99 Å². The van der Waals surface area contributed by atoms with Gasteiger partial charge in [0, 0.05) is 38.7 Å². The van der Waals surface area contributed by atoms with Crippen molar-refractivity contribution in [2.75, 3.05) is 20.1 Å². The molecule has 0 spiro atoms. The van der Waals surface area contributed by atoms with Crippen molar-refractivity contribution in [3.05, 3.63) is 60.5 Å². The minimum Gasteiger partial charge on any atom is -0.469 e. The second kappa shape index (κ2) is 8.12.